The van der Waals surface area contributed by atoms with Crippen molar-refractivity contribution in [3.63, 3.8) is 0 Å². The summed E-state index contributed by atoms with van der Waals surface area (Å²) in [6.07, 6.45) is -9.25. The third-order valence-corrected chi connectivity index (χ3v) is 5.42. The lowest BCUT2D eigenvalue weighted by Crippen LogP contribution is -2.42. The van der Waals surface area contributed by atoms with E-state index in [2.05, 4.69) is 10.3 Å². The maximum atomic E-state index is 14.1. The standard InChI is InChI=1S/C21H16F6N2O2/c1-30-28-17-8-6-12-9-13(5-7-16(12)17)18-11-19(31-29-18,21(25,26)27)14-3-2-4-15(10-14)20(22,23)24/h2-5,7,9-10H,6,8,11H2,1H3. The summed E-state index contributed by atoms with van der Waals surface area (Å²) in [6.45, 7) is 0. The van der Waals surface area contributed by atoms with E-state index in [1.165, 1.54) is 7.11 Å². The van der Waals surface area contributed by atoms with Gasteiger partial charge in [0.1, 0.15) is 7.11 Å². The van der Waals surface area contributed by atoms with Crippen LogP contribution in [0.1, 0.15) is 40.7 Å². The van der Waals surface area contributed by atoms with Gasteiger partial charge in [-0.25, -0.2) is 0 Å². The molecular formula is C21H16F6N2O2. The third kappa shape index (κ3) is 3.64. The smallest absolute Gasteiger partial charge is 0.399 e. The highest BCUT2D eigenvalue weighted by Gasteiger charge is 2.62. The molecule has 1 aliphatic carbocycles. The Morgan fingerprint density at radius 2 is 1.81 bits per heavy atom. The summed E-state index contributed by atoms with van der Waals surface area (Å²) < 4.78 is 81.4. The first-order valence-electron chi connectivity index (χ1n) is 9.28. The quantitative estimate of drug-likeness (QED) is 0.460. The highest BCUT2D eigenvalue weighted by molar-refractivity contribution is 6.07. The Morgan fingerprint density at radius 3 is 2.48 bits per heavy atom. The maximum Gasteiger partial charge on any atom is 0.435 e. The summed E-state index contributed by atoms with van der Waals surface area (Å²) in [5.41, 5.74) is -1.96. The second-order valence-electron chi connectivity index (χ2n) is 7.30. The number of rotatable bonds is 3. The molecule has 4 nitrogen and oxygen atoms in total. The number of aryl methyl sites for hydroxylation is 1. The zero-order valence-electron chi connectivity index (χ0n) is 16.1. The molecule has 1 aliphatic heterocycles. The van der Waals surface area contributed by atoms with E-state index in [0.29, 0.717) is 30.5 Å². The van der Waals surface area contributed by atoms with Crippen LogP contribution in [-0.2, 0) is 27.9 Å². The lowest BCUT2D eigenvalue weighted by atomic mass is 9.85. The molecule has 4 rings (SSSR count). The highest BCUT2D eigenvalue weighted by atomic mass is 19.4. The molecule has 2 aromatic rings. The molecule has 1 heterocycles. The molecule has 0 amide bonds. The molecule has 164 valence electrons. The predicted octanol–water partition coefficient (Wildman–Crippen LogP) is 5.58. The molecule has 2 aromatic carbocycles. The molecule has 0 N–H and O–H groups in total. The van der Waals surface area contributed by atoms with Gasteiger partial charge in [0.2, 0.25) is 0 Å². The fourth-order valence-electron chi connectivity index (χ4n) is 3.86. The van der Waals surface area contributed by atoms with Crippen LogP contribution in [0.4, 0.5) is 26.3 Å². The molecule has 1 atom stereocenters. The van der Waals surface area contributed by atoms with Gasteiger partial charge in [-0.2, -0.15) is 26.3 Å². The van der Waals surface area contributed by atoms with E-state index in [4.69, 9.17) is 9.68 Å². The van der Waals surface area contributed by atoms with Crippen LogP contribution in [0.2, 0.25) is 0 Å². The lowest BCUT2D eigenvalue weighted by molar-refractivity contribution is -0.276. The van der Waals surface area contributed by atoms with E-state index < -0.39 is 35.5 Å². The molecular weight excluding hydrogens is 426 g/mol. The minimum Gasteiger partial charge on any atom is -0.399 e. The summed E-state index contributed by atoms with van der Waals surface area (Å²) in [7, 11) is 1.43. The summed E-state index contributed by atoms with van der Waals surface area (Å²) >= 11 is 0. The summed E-state index contributed by atoms with van der Waals surface area (Å²) in [5.74, 6) is 0. The van der Waals surface area contributed by atoms with Gasteiger partial charge in [-0.3, -0.25) is 0 Å². The minimum atomic E-state index is -4.99. The van der Waals surface area contributed by atoms with Crippen LogP contribution >= 0.6 is 0 Å². The van der Waals surface area contributed by atoms with Gasteiger partial charge in [0.15, 0.2) is 0 Å². The van der Waals surface area contributed by atoms with E-state index in [9.17, 15) is 26.3 Å². The van der Waals surface area contributed by atoms with Crippen LogP contribution in [0.15, 0.2) is 52.8 Å². The molecule has 0 aromatic heterocycles. The van der Waals surface area contributed by atoms with Gasteiger partial charge in [0.25, 0.3) is 5.60 Å². The van der Waals surface area contributed by atoms with Crippen LogP contribution < -0.4 is 0 Å². The SMILES string of the molecule is CON=C1CCc2cc(C3=NOC(c4cccc(C(F)(F)F)c4)(C(F)(F)F)C3)ccc21. The number of nitrogens with zero attached hydrogens (tertiary/aromatic N) is 2. The van der Waals surface area contributed by atoms with Crippen LogP contribution in [-0.4, -0.2) is 24.7 Å². The molecule has 0 spiro atoms. The molecule has 0 saturated carbocycles. The van der Waals surface area contributed by atoms with E-state index >= 15 is 0 Å². The van der Waals surface area contributed by atoms with E-state index in [-0.39, 0.29) is 5.71 Å². The van der Waals surface area contributed by atoms with Crippen LogP contribution in [0.25, 0.3) is 0 Å². The second kappa shape index (κ2) is 7.28. The van der Waals surface area contributed by atoms with E-state index in [1.807, 2.05) is 0 Å². The molecule has 2 aliphatic rings. The Labute approximate surface area is 173 Å². The molecule has 0 saturated heterocycles. The van der Waals surface area contributed by atoms with Crippen LogP contribution in [0.5, 0.6) is 0 Å². The first kappa shape index (κ1) is 21.2. The van der Waals surface area contributed by atoms with Crippen molar-refractivity contribution in [2.75, 3.05) is 7.11 Å². The van der Waals surface area contributed by atoms with Gasteiger partial charge >= 0.3 is 12.4 Å². The first-order chi connectivity index (χ1) is 14.5. The van der Waals surface area contributed by atoms with E-state index in [1.54, 1.807) is 18.2 Å². The van der Waals surface area contributed by atoms with Crippen molar-refractivity contribution in [2.24, 2.45) is 10.3 Å². The minimum absolute atomic E-state index is 0.00895. The Hall–Kier alpha value is -3.04. The predicted molar refractivity (Wildman–Crippen MR) is 99.7 cm³/mol. The van der Waals surface area contributed by atoms with Crippen molar-refractivity contribution in [1.82, 2.24) is 0 Å². The number of hydrogen-bond acceptors (Lipinski definition) is 4. The average Bonchev–Trinajstić information content (AvgIpc) is 3.33. The first-order valence-corrected chi connectivity index (χ1v) is 9.28. The topological polar surface area (TPSA) is 43.2 Å². The Kier molecular flexibility index (Phi) is 4.98. The van der Waals surface area contributed by atoms with Gasteiger partial charge in [-0.05, 0) is 42.2 Å². The molecule has 31 heavy (non-hydrogen) atoms. The fraction of sp³-hybridized carbons (Fsp3) is 0.333. The largest absolute Gasteiger partial charge is 0.435 e. The van der Waals surface area contributed by atoms with Crippen molar-refractivity contribution >= 4 is 11.4 Å². The highest BCUT2D eigenvalue weighted by Crippen LogP contribution is 2.49. The zero-order valence-corrected chi connectivity index (χ0v) is 16.1. The molecule has 1 unspecified atom stereocenters. The van der Waals surface area contributed by atoms with E-state index in [0.717, 1.165) is 29.0 Å². The third-order valence-electron chi connectivity index (χ3n) is 5.42. The van der Waals surface area contributed by atoms with Gasteiger partial charge in [0, 0.05) is 17.5 Å². The fourth-order valence-corrected chi connectivity index (χ4v) is 3.86. The monoisotopic (exact) mass is 442 g/mol. The molecule has 0 radical (unpaired) electrons. The molecule has 0 fully saturated rings. The summed E-state index contributed by atoms with van der Waals surface area (Å²) in [5, 5.41) is 7.57. The van der Waals surface area contributed by atoms with Crippen molar-refractivity contribution in [3.8, 4) is 0 Å². The number of fused-ring (bicyclic) bond motifs is 1. The number of alkyl halides is 6. The van der Waals surface area contributed by atoms with Crippen molar-refractivity contribution < 1.29 is 36.0 Å². The van der Waals surface area contributed by atoms with Crippen LogP contribution in [0, 0.1) is 0 Å². The van der Waals surface area contributed by atoms with Crippen molar-refractivity contribution in [3.05, 3.63) is 70.3 Å². The molecule has 10 heteroatoms. The molecule has 0 bridgehead atoms. The zero-order chi connectivity index (χ0) is 22.4. The van der Waals surface area contributed by atoms with Crippen molar-refractivity contribution in [2.45, 2.75) is 37.2 Å². The Balaban J connectivity index is 1.69. The number of benzene rings is 2. The Bertz CT molecular complexity index is 1070. The maximum absolute atomic E-state index is 14.1. The number of hydrogen-bond donors (Lipinski definition) is 0. The summed E-state index contributed by atoms with van der Waals surface area (Å²) in [6, 6.07) is 8.09. The second-order valence-corrected chi connectivity index (χ2v) is 7.30. The Morgan fingerprint density at radius 1 is 1.03 bits per heavy atom. The average molecular weight is 442 g/mol. The summed E-state index contributed by atoms with van der Waals surface area (Å²) in [4.78, 5) is 9.66. The number of halogens is 6. The lowest BCUT2D eigenvalue weighted by Gasteiger charge is -2.30. The number of oxime groups is 2. The van der Waals surface area contributed by atoms with Crippen LogP contribution in [0.3, 0.4) is 0 Å². The normalized spacial score (nSPS) is 22.3. The van der Waals surface area contributed by atoms with Crippen molar-refractivity contribution in [1.29, 1.82) is 0 Å². The van der Waals surface area contributed by atoms with Gasteiger partial charge in [0.05, 0.1) is 17.0 Å². The van der Waals surface area contributed by atoms with Gasteiger partial charge in [-0.15, -0.1) is 0 Å². The van der Waals surface area contributed by atoms with Gasteiger partial charge in [-0.1, -0.05) is 34.6 Å². The van der Waals surface area contributed by atoms with Gasteiger partial charge < -0.3 is 9.68 Å².